The van der Waals surface area contributed by atoms with Crippen LogP contribution in [-0.4, -0.2) is 37.1 Å². The number of carbonyl (C=O) groups is 2. The minimum atomic E-state index is -0.924. The number of hydrogen-bond donors (Lipinski definition) is 1. The highest BCUT2D eigenvalue weighted by Gasteiger charge is 2.26. The maximum atomic E-state index is 13.2. The van der Waals surface area contributed by atoms with E-state index < -0.39 is 12.1 Å². The fourth-order valence-electron chi connectivity index (χ4n) is 3.97. The van der Waals surface area contributed by atoms with E-state index in [4.69, 9.17) is 9.72 Å². The molecule has 1 amide bonds. The highest BCUT2D eigenvalue weighted by Crippen LogP contribution is 2.30. The first-order chi connectivity index (χ1) is 14.9. The number of fused-ring (bicyclic) bond motifs is 2. The van der Waals surface area contributed by atoms with Crippen molar-refractivity contribution in [3.05, 3.63) is 65.4 Å². The molecule has 1 N–H and O–H groups in total. The Bertz CT molecular complexity index is 1120. The third-order valence-electron chi connectivity index (χ3n) is 5.68. The maximum Gasteiger partial charge on any atom is 0.339 e. The number of benzene rings is 2. The zero-order chi connectivity index (χ0) is 22.0. The van der Waals surface area contributed by atoms with E-state index >= 15 is 0 Å². The highest BCUT2D eigenvalue weighted by atomic mass is 16.5. The summed E-state index contributed by atoms with van der Waals surface area (Å²) >= 11 is 0. The fraction of sp³-hybridized carbons (Fsp3) is 0.320. The van der Waals surface area contributed by atoms with Crippen LogP contribution in [0.1, 0.15) is 41.4 Å². The molecule has 1 aliphatic carbocycles. The lowest BCUT2D eigenvalue weighted by Gasteiger charge is -2.21. The fourth-order valence-corrected chi connectivity index (χ4v) is 3.97. The van der Waals surface area contributed by atoms with Crippen LogP contribution in [0.25, 0.3) is 10.9 Å². The lowest BCUT2D eigenvalue weighted by molar-refractivity contribution is -0.123. The van der Waals surface area contributed by atoms with Crippen LogP contribution in [0.15, 0.2) is 48.5 Å². The number of esters is 1. The quantitative estimate of drug-likeness (QED) is 0.625. The first-order valence-electron chi connectivity index (χ1n) is 10.6. The summed E-state index contributed by atoms with van der Waals surface area (Å²) in [7, 11) is 3.91. The Morgan fingerprint density at radius 2 is 1.74 bits per heavy atom. The molecule has 0 unspecified atom stereocenters. The number of aromatic nitrogens is 1. The molecule has 4 rings (SSSR count). The van der Waals surface area contributed by atoms with Gasteiger partial charge in [0.05, 0.1) is 11.1 Å². The molecule has 160 valence electrons. The van der Waals surface area contributed by atoms with Crippen molar-refractivity contribution in [3.63, 3.8) is 0 Å². The number of amides is 1. The standard InChI is InChI=1S/C25H27N3O3/c1-16(24(29)26-17-12-14-18(15-13-17)28(2)3)31-25(30)23-19-8-4-6-10-21(19)27-22-11-7-5-9-20(22)23/h4,6,8,10,12-16H,5,7,9,11H2,1-3H3,(H,26,29)/t16-/m1/s1. The monoisotopic (exact) mass is 417 g/mol. The van der Waals surface area contributed by atoms with E-state index in [2.05, 4.69) is 5.32 Å². The molecule has 1 aromatic heterocycles. The van der Waals surface area contributed by atoms with Crippen LogP contribution in [0.2, 0.25) is 0 Å². The van der Waals surface area contributed by atoms with Gasteiger partial charge in [0.2, 0.25) is 0 Å². The second-order valence-corrected chi connectivity index (χ2v) is 8.11. The van der Waals surface area contributed by atoms with Crippen LogP contribution in [0.3, 0.4) is 0 Å². The number of nitrogens with zero attached hydrogens (tertiary/aromatic N) is 2. The molecule has 0 spiro atoms. The molecule has 0 fully saturated rings. The third kappa shape index (κ3) is 4.38. The van der Waals surface area contributed by atoms with Gasteiger partial charge in [-0.15, -0.1) is 0 Å². The topological polar surface area (TPSA) is 71.5 Å². The van der Waals surface area contributed by atoms with Crippen molar-refractivity contribution in [1.82, 2.24) is 4.98 Å². The molecule has 0 bridgehead atoms. The number of pyridine rings is 1. The normalized spacial score (nSPS) is 13.9. The molecule has 3 aromatic rings. The van der Waals surface area contributed by atoms with Crippen LogP contribution in [0.4, 0.5) is 11.4 Å². The molecule has 6 nitrogen and oxygen atoms in total. The Labute approximate surface area is 182 Å². The minimum absolute atomic E-state index is 0.363. The van der Waals surface area contributed by atoms with Gasteiger partial charge in [-0.1, -0.05) is 18.2 Å². The Morgan fingerprint density at radius 1 is 1.03 bits per heavy atom. The summed E-state index contributed by atoms with van der Waals surface area (Å²) in [5.41, 5.74) is 4.96. The average molecular weight is 418 g/mol. The number of ether oxygens (including phenoxy) is 1. The number of hydrogen-bond acceptors (Lipinski definition) is 5. The van der Waals surface area contributed by atoms with Gasteiger partial charge in [0.1, 0.15) is 0 Å². The van der Waals surface area contributed by atoms with E-state index in [0.717, 1.165) is 53.5 Å². The molecule has 1 heterocycles. The van der Waals surface area contributed by atoms with Crippen molar-refractivity contribution in [1.29, 1.82) is 0 Å². The predicted molar refractivity (Wildman–Crippen MR) is 123 cm³/mol. The van der Waals surface area contributed by atoms with Crippen molar-refractivity contribution in [2.24, 2.45) is 0 Å². The molecule has 0 saturated carbocycles. The summed E-state index contributed by atoms with van der Waals surface area (Å²) in [4.78, 5) is 32.6. The maximum absolute atomic E-state index is 13.2. The Hall–Kier alpha value is -3.41. The second-order valence-electron chi connectivity index (χ2n) is 8.11. The van der Waals surface area contributed by atoms with E-state index in [1.807, 2.05) is 67.5 Å². The Balaban J connectivity index is 1.54. The summed E-state index contributed by atoms with van der Waals surface area (Å²) < 4.78 is 5.62. The molecule has 0 radical (unpaired) electrons. The predicted octanol–water partition coefficient (Wildman–Crippen LogP) is 4.36. The van der Waals surface area contributed by atoms with Gasteiger partial charge in [0.25, 0.3) is 5.91 Å². The van der Waals surface area contributed by atoms with Gasteiger partial charge in [-0.3, -0.25) is 9.78 Å². The molecule has 6 heteroatoms. The first-order valence-corrected chi connectivity index (χ1v) is 10.6. The third-order valence-corrected chi connectivity index (χ3v) is 5.68. The average Bonchev–Trinajstić information content (AvgIpc) is 2.77. The number of aryl methyl sites for hydroxylation is 1. The number of nitrogens with one attached hydrogen (secondary N) is 1. The number of anilines is 2. The van der Waals surface area contributed by atoms with E-state index in [1.165, 1.54) is 0 Å². The number of rotatable bonds is 5. The van der Waals surface area contributed by atoms with Gasteiger partial charge in [-0.2, -0.15) is 0 Å². The van der Waals surface area contributed by atoms with E-state index in [0.29, 0.717) is 11.3 Å². The van der Waals surface area contributed by atoms with E-state index in [1.54, 1.807) is 6.92 Å². The molecule has 0 aliphatic heterocycles. The zero-order valence-corrected chi connectivity index (χ0v) is 18.1. The van der Waals surface area contributed by atoms with E-state index in [-0.39, 0.29) is 5.91 Å². The lowest BCUT2D eigenvalue weighted by atomic mass is 9.90. The van der Waals surface area contributed by atoms with E-state index in [9.17, 15) is 9.59 Å². The summed E-state index contributed by atoms with van der Waals surface area (Å²) in [6.45, 7) is 1.59. The van der Waals surface area contributed by atoms with Crippen molar-refractivity contribution in [2.45, 2.75) is 38.7 Å². The van der Waals surface area contributed by atoms with Gasteiger partial charge < -0.3 is 15.0 Å². The Morgan fingerprint density at radius 3 is 2.48 bits per heavy atom. The molecular formula is C25H27N3O3. The van der Waals surface area contributed by atoms with Crippen LogP contribution < -0.4 is 10.2 Å². The summed E-state index contributed by atoms with van der Waals surface area (Å²) in [6.07, 6.45) is 2.83. The highest BCUT2D eigenvalue weighted by molar-refractivity contribution is 6.06. The van der Waals surface area contributed by atoms with Gasteiger partial charge >= 0.3 is 5.97 Å². The molecule has 0 saturated heterocycles. The van der Waals surface area contributed by atoms with Gasteiger partial charge in [-0.05, 0) is 68.5 Å². The van der Waals surface area contributed by atoms with Crippen LogP contribution in [-0.2, 0) is 22.4 Å². The molecule has 31 heavy (non-hydrogen) atoms. The number of para-hydroxylation sites is 1. The Kier molecular flexibility index (Phi) is 5.89. The van der Waals surface area contributed by atoms with Crippen molar-refractivity contribution >= 4 is 34.2 Å². The lowest BCUT2D eigenvalue weighted by Crippen LogP contribution is -2.30. The SMILES string of the molecule is C[C@@H](OC(=O)c1c2c(nc3ccccc13)CCCC2)C(=O)Nc1ccc(N(C)C)cc1. The molecule has 1 aliphatic rings. The van der Waals surface area contributed by atoms with Crippen molar-refractivity contribution in [2.75, 3.05) is 24.3 Å². The van der Waals surface area contributed by atoms with Gasteiger partial charge in [0, 0.05) is 36.6 Å². The second kappa shape index (κ2) is 8.76. The van der Waals surface area contributed by atoms with Crippen LogP contribution >= 0.6 is 0 Å². The van der Waals surface area contributed by atoms with Crippen molar-refractivity contribution in [3.8, 4) is 0 Å². The van der Waals surface area contributed by atoms with Gasteiger partial charge in [-0.25, -0.2) is 4.79 Å². The summed E-state index contributed by atoms with van der Waals surface area (Å²) in [5.74, 6) is -0.833. The van der Waals surface area contributed by atoms with Crippen LogP contribution in [0.5, 0.6) is 0 Å². The molecule has 2 aromatic carbocycles. The molecular weight excluding hydrogens is 390 g/mol. The summed E-state index contributed by atoms with van der Waals surface area (Å²) in [5, 5.41) is 3.59. The molecule has 1 atom stereocenters. The largest absolute Gasteiger partial charge is 0.449 e. The minimum Gasteiger partial charge on any atom is -0.449 e. The van der Waals surface area contributed by atoms with Crippen LogP contribution in [0, 0.1) is 0 Å². The zero-order valence-electron chi connectivity index (χ0n) is 18.1. The number of carbonyl (C=O) groups excluding carboxylic acids is 2. The summed E-state index contributed by atoms with van der Waals surface area (Å²) in [6, 6.07) is 15.1. The smallest absolute Gasteiger partial charge is 0.339 e. The van der Waals surface area contributed by atoms with Crippen molar-refractivity contribution < 1.29 is 14.3 Å². The van der Waals surface area contributed by atoms with Gasteiger partial charge in [0.15, 0.2) is 6.10 Å². The first kappa shape index (κ1) is 20.8.